The zero-order valence-corrected chi connectivity index (χ0v) is 23.7. The van der Waals surface area contributed by atoms with Crippen LogP contribution in [0.1, 0.15) is 78.6 Å². The molecule has 0 fully saturated rings. The number of rotatable bonds is 9. The highest BCUT2D eigenvalue weighted by Crippen LogP contribution is 2.34. The van der Waals surface area contributed by atoms with Gasteiger partial charge in [-0.1, -0.05) is 24.3 Å². The van der Waals surface area contributed by atoms with Gasteiger partial charge in [0.1, 0.15) is 11.5 Å². The van der Waals surface area contributed by atoms with Gasteiger partial charge >= 0.3 is 11.9 Å². The van der Waals surface area contributed by atoms with E-state index in [1.807, 2.05) is 41.5 Å². The van der Waals surface area contributed by atoms with E-state index >= 15 is 0 Å². The molecule has 0 heterocycles. The summed E-state index contributed by atoms with van der Waals surface area (Å²) in [6.45, 7) is 13.8. The lowest BCUT2D eigenvalue weighted by molar-refractivity contribution is -0.132. The zero-order valence-electron chi connectivity index (χ0n) is 22.0. The minimum Gasteiger partial charge on any atom is -0.427 e. The van der Waals surface area contributed by atoms with Crippen LogP contribution in [0.5, 0.6) is 11.5 Å². The molecule has 36 heavy (non-hydrogen) atoms. The highest BCUT2D eigenvalue weighted by molar-refractivity contribution is 7.84. The maximum Gasteiger partial charge on any atom is 0.308 e. The number of carbonyl (C=O) groups excluding carboxylic acids is 2. The minimum absolute atomic E-state index is 0.385. The summed E-state index contributed by atoms with van der Waals surface area (Å²) < 4.78 is 42.1. The smallest absolute Gasteiger partial charge is 0.308 e. The molecule has 198 valence electrons. The molecule has 0 saturated carbocycles. The quantitative estimate of drug-likeness (QED) is 0.363. The van der Waals surface area contributed by atoms with E-state index in [9.17, 15) is 18.0 Å². The first-order chi connectivity index (χ1) is 16.6. The van der Waals surface area contributed by atoms with E-state index < -0.39 is 55.5 Å². The third kappa shape index (κ3) is 8.92. The van der Waals surface area contributed by atoms with Crippen molar-refractivity contribution in [3.8, 4) is 11.5 Å². The third-order valence-corrected chi connectivity index (χ3v) is 8.08. The lowest BCUT2D eigenvalue weighted by atomic mass is 9.94. The van der Waals surface area contributed by atoms with Gasteiger partial charge in [0.2, 0.25) is 0 Å². The second-order valence-corrected chi connectivity index (χ2v) is 14.3. The molecule has 2 rings (SSSR count). The number of hydrogen-bond acceptors (Lipinski definition) is 6. The van der Waals surface area contributed by atoms with Crippen LogP contribution in [-0.2, 0) is 31.6 Å². The summed E-state index contributed by atoms with van der Waals surface area (Å²) in [7, 11) is -2.94. The highest BCUT2D eigenvalue weighted by atomic mass is 32.2. The van der Waals surface area contributed by atoms with Gasteiger partial charge in [0.25, 0.3) is 0 Å². The van der Waals surface area contributed by atoms with Gasteiger partial charge in [0.15, 0.2) is 0 Å². The van der Waals surface area contributed by atoms with Crippen molar-refractivity contribution < 1.29 is 27.5 Å². The average molecular weight is 537 g/mol. The van der Waals surface area contributed by atoms with Crippen LogP contribution in [0.15, 0.2) is 48.5 Å². The van der Waals surface area contributed by atoms with Crippen LogP contribution in [0.2, 0.25) is 0 Å². The van der Waals surface area contributed by atoms with E-state index in [1.54, 1.807) is 48.5 Å². The van der Waals surface area contributed by atoms with Gasteiger partial charge in [-0.25, -0.2) is 17.9 Å². The summed E-state index contributed by atoms with van der Waals surface area (Å²) in [5.74, 6) is -0.0931. The number of benzene rings is 2. The number of carbonyl (C=O) groups is 2. The maximum atomic E-state index is 13.2. The van der Waals surface area contributed by atoms with Crippen LogP contribution in [0, 0.1) is 0 Å². The summed E-state index contributed by atoms with van der Waals surface area (Å²) in [5.41, 5.74) is 1.49. The van der Waals surface area contributed by atoms with Gasteiger partial charge < -0.3 is 9.47 Å². The fourth-order valence-corrected chi connectivity index (χ4v) is 4.77. The van der Waals surface area contributed by atoms with Crippen molar-refractivity contribution in [2.75, 3.05) is 0 Å². The Morgan fingerprint density at radius 1 is 0.639 bits per heavy atom. The van der Waals surface area contributed by atoms with Crippen LogP contribution in [0.3, 0.4) is 0 Å². The van der Waals surface area contributed by atoms with Crippen molar-refractivity contribution in [2.24, 2.45) is 0 Å². The molecular weight excluding hydrogens is 500 g/mol. The number of nitrogens with one attached hydrogen (secondary N) is 2. The third-order valence-electron chi connectivity index (χ3n) is 4.92. The van der Waals surface area contributed by atoms with E-state index in [0.29, 0.717) is 11.5 Å². The Labute approximate surface area is 218 Å². The van der Waals surface area contributed by atoms with Crippen molar-refractivity contribution in [3.05, 3.63) is 59.7 Å². The molecule has 0 aliphatic rings. The second-order valence-electron chi connectivity index (χ2n) is 10.3. The highest BCUT2D eigenvalue weighted by Gasteiger charge is 2.33. The minimum atomic E-state index is -1.47. The number of ether oxygens (including phenoxy) is 2. The van der Waals surface area contributed by atoms with Gasteiger partial charge in [-0.3, -0.25) is 9.59 Å². The standard InChI is InChI=1S/C26H36N2O6S2/c1-17(29)33-21-13-9-19(10-14-21)23(27-35(31)25(3,4)5)24(28-36(32)26(6,7)8)20-11-15-22(16-12-20)34-18(2)30/h9-16,23-24,27-28H,1-8H3/t23-,24-,35+,36+/m0/s1. The molecule has 0 unspecified atom stereocenters. The lowest BCUT2D eigenvalue weighted by Gasteiger charge is -2.33. The summed E-state index contributed by atoms with van der Waals surface area (Å²) >= 11 is 0. The molecule has 10 heteroatoms. The normalized spacial score (nSPS) is 15.4. The first kappa shape index (κ1) is 29.8. The first-order valence-corrected chi connectivity index (χ1v) is 13.8. The molecule has 0 saturated heterocycles. The molecule has 8 nitrogen and oxygen atoms in total. The molecule has 0 aliphatic carbocycles. The fraction of sp³-hybridized carbons (Fsp3) is 0.462. The monoisotopic (exact) mass is 536 g/mol. The van der Waals surface area contributed by atoms with E-state index in [2.05, 4.69) is 9.44 Å². The summed E-state index contributed by atoms with van der Waals surface area (Å²) in [6.07, 6.45) is 0. The predicted octanol–water partition coefficient (Wildman–Crippen LogP) is 4.42. The fourth-order valence-electron chi connectivity index (χ4n) is 3.06. The van der Waals surface area contributed by atoms with Crippen LogP contribution < -0.4 is 18.9 Å². The molecule has 0 aliphatic heterocycles. The van der Waals surface area contributed by atoms with Crippen LogP contribution in [0.4, 0.5) is 0 Å². The molecule has 0 radical (unpaired) electrons. The Kier molecular flexibility index (Phi) is 10.1. The number of esters is 2. The number of hydrogen-bond donors (Lipinski definition) is 2. The molecule has 2 aromatic rings. The molecular formula is C26H36N2O6S2. The van der Waals surface area contributed by atoms with Gasteiger partial charge in [-0.2, -0.15) is 0 Å². The van der Waals surface area contributed by atoms with Crippen molar-refractivity contribution in [3.63, 3.8) is 0 Å². The van der Waals surface area contributed by atoms with E-state index in [4.69, 9.17) is 9.47 Å². The van der Waals surface area contributed by atoms with Gasteiger partial charge in [0.05, 0.1) is 43.5 Å². The lowest BCUT2D eigenvalue weighted by Crippen LogP contribution is -2.44. The Hall–Kier alpha value is -2.40. The van der Waals surface area contributed by atoms with Crippen LogP contribution in [0.25, 0.3) is 0 Å². The van der Waals surface area contributed by atoms with Crippen LogP contribution in [-0.4, -0.2) is 29.9 Å². The Morgan fingerprint density at radius 2 is 0.917 bits per heavy atom. The second kappa shape index (κ2) is 12.2. The summed E-state index contributed by atoms with van der Waals surface area (Å²) in [6, 6.07) is 12.6. The van der Waals surface area contributed by atoms with Gasteiger partial charge in [-0.05, 0) is 76.9 Å². The first-order valence-electron chi connectivity index (χ1n) is 11.5. The Bertz CT molecular complexity index is 1010. The van der Waals surface area contributed by atoms with Crippen LogP contribution >= 0.6 is 0 Å². The van der Waals surface area contributed by atoms with Gasteiger partial charge in [0, 0.05) is 13.8 Å². The molecule has 0 amide bonds. The van der Waals surface area contributed by atoms with E-state index in [0.717, 1.165) is 11.1 Å². The molecule has 0 bridgehead atoms. The predicted molar refractivity (Wildman–Crippen MR) is 143 cm³/mol. The molecule has 0 spiro atoms. The maximum absolute atomic E-state index is 13.2. The zero-order chi connectivity index (χ0) is 27.3. The van der Waals surface area contributed by atoms with Gasteiger partial charge in [-0.15, -0.1) is 0 Å². The van der Waals surface area contributed by atoms with Crippen molar-refractivity contribution >= 4 is 33.9 Å². The van der Waals surface area contributed by atoms with E-state index in [-0.39, 0.29) is 0 Å². The molecule has 2 N–H and O–H groups in total. The average Bonchev–Trinajstić information content (AvgIpc) is 2.75. The van der Waals surface area contributed by atoms with Crippen molar-refractivity contribution in [1.82, 2.24) is 9.44 Å². The largest absolute Gasteiger partial charge is 0.427 e. The molecule has 0 aromatic heterocycles. The Balaban J connectivity index is 2.59. The summed E-state index contributed by atoms with van der Waals surface area (Å²) in [4.78, 5) is 22.7. The topological polar surface area (TPSA) is 111 Å². The SMILES string of the molecule is CC(=O)Oc1ccc([C@H](N[S@](=O)C(C)(C)C)[C@@H](N[S@](=O)C(C)(C)C)c2ccc(OC(C)=O)cc2)cc1. The molecule has 2 aromatic carbocycles. The Morgan fingerprint density at radius 3 is 1.14 bits per heavy atom. The van der Waals surface area contributed by atoms with E-state index in [1.165, 1.54) is 13.8 Å². The molecule has 4 atom stereocenters. The van der Waals surface area contributed by atoms with Crippen molar-refractivity contribution in [2.45, 2.75) is 77.0 Å². The summed E-state index contributed by atoms with van der Waals surface area (Å²) in [5, 5.41) is 0. The van der Waals surface area contributed by atoms with Crippen molar-refractivity contribution in [1.29, 1.82) is 0 Å².